The van der Waals surface area contributed by atoms with Crippen LogP contribution in [-0.2, 0) is 15.1 Å². The van der Waals surface area contributed by atoms with E-state index in [9.17, 15) is 8.42 Å². The molecule has 0 amide bonds. The fourth-order valence-corrected chi connectivity index (χ4v) is 1.57. The van der Waals surface area contributed by atoms with Crippen molar-refractivity contribution in [1.82, 2.24) is 6.15 Å². The lowest BCUT2D eigenvalue weighted by molar-refractivity contribution is 0.162. The van der Waals surface area contributed by atoms with E-state index >= 15 is 0 Å². The maximum absolute atomic E-state index is 10.5. The molecule has 0 saturated carbocycles. The number of hydrogen-bond acceptors (Lipinski definition) is 5. The van der Waals surface area contributed by atoms with Crippen LogP contribution >= 0.6 is 0 Å². The fraction of sp³-hybridized carbons (Fsp3) is 0.385. The summed E-state index contributed by atoms with van der Waals surface area (Å²) in [5.74, 6) is 0.105. The molecule has 0 radical (unpaired) electrons. The van der Waals surface area contributed by atoms with E-state index in [1.807, 2.05) is 13.8 Å². The highest BCUT2D eigenvalue weighted by Crippen LogP contribution is 2.20. The Morgan fingerprint density at radius 1 is 1.20 bits per heavy atom. The minimum absolute atomic E-state index is 0. The lowest BCUT2D eigenvalue weighted by Gasteiger charge is -2.04. The van der Waals surface area contributed by atoms with E-state index in [1.165, 1.54) is 6.07 Å². The summed E-state index contributed by atoms with van der Waals surface area (Å²) in [6, 6.07) is 6.50. The van der Waals surface area contributed by atoms with Crippen LogP contribution in [0.3, 0.4) is 0 Å². The molecule has 1 aromatic rings. The van der Waals surface area contributed by atoms with Gasteiger partial charge in [-0.05, 0) is 26.8 Å². The normalized spacial score (nSPS) is 10.4. The van der Waals surface area contributed by atoms with Gasteiger partial charge in [0.05, 0.1) is 0 Å². The van der Waals surface area contributed by atoms with Gasteiger partial charge in [0.25, 0.3) is 0 Å². The van der Waals surface area contributed by atoms with Crippen LogP contribution in [0.15, 0.2) is 30.3 Å². The molecule has 0 aromatic heterocycles. The summed E-state index contributed by atoms with van der Waals surface area (Å²) < 4.78 is 38.6. The third-order valence-corrected chi connectivity index (χ3v) is 2.26. The zero-order valence-electron chi connectivity index (χ0n) is 12.1. The van der Waals surface area contributed by atoms with Crippen molar-refractivity contribution in [1.29, 1.82) is 0 Å². The van der Waals surface area contributed by atoms with Gasteiger partial charge in [0, 0.05) is 18.8 Å². The Labute approximate surface area is 121 Å². The van der Waals surface area contributed by atoms with Crippen molar-refractivity contribution in [2.45, 2.75) is 20.8 Å². The second kappa shape index (κ2) is 11.4. The quantitative estimate of drug-likeness (QED) is 0.809. The Hall–Kier alpha value is -1.41. The first-order chi connectivity index (χ1) is 8.94. The summed E-state index contributed by atoms with van der Waals surface area (Å²) in [6.45, 7) is 7.46. The van der Waals surface area contributed by atoms with E-state index in [0.717, 1.165) is 13.2 Å². The molecule has 0 fully saturated rings. The van der Waals surface area contributed by atoms with E-state index in [1.54, 1.807) is 37.3 Å². The summed E-state index contributed by atoms with van der Waals surface area (Å²) >= 11 is 0. The van der Waals surface area contributed by atoms with Gasteiger partial charge in [-0.3, -0.25) is 4.55 Å². The average Bonchev–Trinajstić information content (AvgIpc) is 2.32. The van der Waals surface area contributed by atoms with Crippen LogP contribution in [0.4, 0.5) is 0 Å². The first-order valence-corrected chi connectivity index (χ1v) is 7.27. The first-order valence-electron chi connectivity index (χ1n) is 5.90. The molecule has 7 heteroatoms. The van der Waals surface area contributed by atoms with Crippen LogP contribution < -0.4 is 10.3 Å². The van der Waals surface area contributed by atoms with Crippen molar-refractivity contribution in [3.8, 4) is 5.75 Å². The Morgan fingerprint density at radius 2 is 1.75 bits per heavy atom. The van der Waals surface area contributed by atoms with Gasteiger partial charge < -0.3 is 15.1 Å². The fourth-order valence-electron chi connectivity index (χ4n) is 1.19. The summed E-state index contributed by atoms with van der Waals surface area (Å²) in [4.78, 5) is 0. The van der Waals surface area contributed by atoms with Crippen LogP contribution in [0.5, 0.6) is 5.75 Å². The number of rotatable bonds is 5. The Morgan fingerprint density at radius 3 is 2.15 bits per heavy atom. The van der Waals surface area contributed by atoms with Gasteiger partial charge in [-0.2, -0.15) is 8.42 Å². The van der Waals surface area contributed by atoms with Crippen molar-refractivity contribution in [2.75, 3.05) is 13.2 Å². The maximum Gasteiger partial charge on any atom is 0.446 e. The van der Waals surface area contributed by atoms with Crippen molar-refractivity contribution >= 4 is 16.5 Å². The first kappa shape index (κ1) is 20.9. The van der Waals surface area contributed by atoms with Crippen LogP contribution in [-0.4, -0.2) is 26.2 Å². The molecule has 6 nitrogen and oxygen atoms in total. The van der Waals surface area contributed by atoms with Gasteiger partial charge >= 0.3 is 10.4 Å². The van der Waals surface area contributed by atoms with Gasteiger partial charge in [0.1, 0.15) is 0 Å². The third-order valence-electron chi connectivity index (χ3n) is 1.87. The van der Waals surface area contributed by atoms with Crippen molar-refractivity contribution in [2.24, 2.45) is 0 Å². The molecule has 20 heavy (non-hydrogen) atoms. The van der Waals surface area contributed by atoms with Gasteiger partial charge in [-0.25, -0.2) is 0 Å². The molecule has 0 aliphatic rings. The molecule has 0 spiro atoms. The molecule has 116 valence electrons. The van der Waals surface area contributed by atoms with E-state index in [-0.39, 0.29) is 11.9 Å². The molecule has 0 atom stereocenters. The highest BCUT2D eigenvalue weighted by atomic mass is 32.3. The zero-order chi connectivity index (χ0) is 14.7. The second-order valence-electron chi connectivity index (χ2n) is 3.33. The van der Waals surface area contributed by atoms with Crippen molar-refractivity contribution < 1.29 is 21.9 Å². The zero-order valence-corrected chi connectivity index (χ0v) is 12.9. The Kier molecular flexibility index (Phi) is 11.9. The summed E-state index contributed by atoms with van der Waals surface area (Å²) in [5, 5.41) is 0. The molecular formula is C13H23NO5S. The van der Waals surface area contributed by atoms with Gasteiger partial charge in [0.2, 0.25) is 0 Å². The molecule has 0 aliphatic heterocycles. The molecule has 0 aliphatic carbocycles. The van der Waals surface area contributed by atoms with Gasteiger partial charge in [-0.1, -0.05) is 30.4 Å². The molecule has 0 heterocycles. The third kappa shape index (κ3) is 10.5. The lowest BCUT2D eigenvalue weighted by atomic mass is 10.2. The number of ether oxygens (including phenoxy) is 1. The topological polar surface area (TPSA) is 108 Å². The van der Waals surface area contributed by atoms with Crippen LogP contribution in [0, 0.1) is 0 Å². The minimum Gasteiger partial charge on any atom is -0.382 e. The van der Waals surface area contributed by atoms with E-state index in [2.05, 4.69) is 4.18 Å². The molecule has 0 unspecified atom stereocenters. The average molecular weight is 305 g/mol. The molecule has 4 N–H and O–H groups in total. The van der Waals surface area contributed by atoms with Crippen molar-refractivity contribution in [3.63, 3.8) is 0 Å². The molecule has 0 saturated heterocycles. The second-order valence-corrected chi connectivity index (χ2v) is 4.35. The Balaban J connectivity index is 0. The Bertz CT molecular complexity index is 483. The molecular weight excluding hydrogens is 282 g/mol. The standard InChI is InChI=1S/C9H10O4S.C4H10O.H3N/c1-2-5-8-6-3-4-7-9(8)13-14(10,11)12;1-3-5-4-2;/h2-7H,1H3,(H,10,11,12);3-4H2,1-2H3;1H3/b5-2-;;. The monoisotopic (exact) mass is 305 g/mol. The molecule has 1 aromatic carbocycles. The number of hydrogen-bond donors (Lipinski definition) is 2. The predicted octanol–water partition coefficient (Wildman–Crippen LogP) is 3.11. The summed E-state index contributed by atoms with van der Waals surface area (Å²) in [6.07, 6.45) is 3.42. The van der Waals surface area contributed by atoms with E-state index < -0.39 is 10.4 Å². The SMILES string of the molecule is C/C=C\c1ccccc1OS(=O)(=O)O.CCOCC.N. The van der Waals surface area contributed by atoms with Crippen molar-refractivity contribution in [3.05, 3.63) is 35.9 Å². The highest BCUT2D eigenvalue weighted by Gasteiger charge is 2.08. The smallest absolute Gasteiger partial charge is 0.382 e. The summed E-state index contributed by atoms with van der Waals surface area (Å²) in [5.41, 5.74) is 0.590. The molecule has 0 bridgehead atoms. The minimum atomic E-state index is -4.45. The van der Waals surface area contributed by atoms with Gasteiger partial charge in [-0.15, -0.1) is 0 Å². The predicted molar refractivity (Wildman–Crippen MR) is 80.5 cm³/mol. The number of allylic oxidation sites excluding steroid dienone is 1. The largest absolute Gasteiger partial charge is 0.446 e. The van der Waals surface area contributed by atoms with Crippen LogP contribution in [0.1, 0.15) is 26.3 Å². The highest BCUT2D eigenvalue weighted by molar-refractivity contribution is 7.81. The van der Waals surface area contributed by atoms with E-state index in [0.29, 0.717) is 5.56 Å². The van der Waals surface area contributed by atoms with Crippen LogP contribution in [0.25, 0.3) is 6.08 Å². The lowest BCUT2D eigenvalue weighted by Crippen LogP contribution is -2.07. The number of para-hydroxylation sites is 1. The van der Waals surface area contributed by atoms with Gasteiger partial charge in [0.15, 0.2) is 5.75 Å². The maximum atomic E-state index is 10.5. The summed E-state index contributed by atoms with van der Waals surface area (Å²) in [7, 11) is -4.45. The van der Waals surface area contributed by atoms with E-state index in [4.69, 9.17) is 9.29 Å². The number of benzene rings is 1. The molecule has 1 rings (SSSR count). The van der Waals surface area contributed by atoms with Crippen LogP contribution in [0.2, 0.25) is 0 Å².